The number of H-pyrrole nitrogens is 1. The quantitative estimate of drug-likeness (QED) is 0.228. The van der Waals surface area contributed by atoms with Gasteiger partial charge in [-0.25, -0.2) is 9.78 Å². The molecule has 3 amide bonds. The smallest absolute Gasteiger partial charge is 0.410 e. The van der Waals surface area contributed by atoms with E-state index in [2.05, 4.69) is 22.1 Å². The van der Waals surface area contributed by atoms with Crippen LogP contribution >= 0.6 is 0 Å². The lowest BCUT2D eigenvalue weighted by atomic mass is 9.95. The van der Waals surface area contributed by atoms with Crippen LogP contribution in [0.2, 0.25) is 0 Å². The number of pyridine rings is 2. The molecule has 0 unspecified atom stereocenters. The lowest BCUT2D eigenvalue weighted by molar-refractivity contribution is -0.119. The molecule has 4 heterocycles. The third-order valence-corrected chi connectivity index (χ3v) is 9.66. The molecule has 0 atom stereocenters. The maximum atomic E-state index is 14.1. The molecule has 0 bridgehead atoms. The van der Waals surface area contributed by atoms with Crippen molar-refractivity contribution in [1.29, 1.82) is 0 Å². The van der Waals surface area contributed by atoms with Crippen molar-refractivity contribution in [3.63, 3.8) is 0 Å². The Labute approximate surface area is 320 Å². The second kappa shape index (κ2) is 19.1. The number of amides is 3. The van der Waals surface area contributed by atoms with Crippen LogP contribution in [0.1, 0.15) is 107 Å². The minimum atomic E-state index is -0.549. The summed E-state index contributed by atoms with van der Waals surface area (Å²) >= 11 is 0. The van der Waals surface area contributed by atoms with E-state index in [1.807, 2.05) is 90.6 Å². The number of rotatable bonds is 10. The largest absolute Gasteiger partial charge is 0.444 e. The molecule has 2 N–H and O–H groups in total. The van der Waals surface area contributed by atoms with Gasteiger partial charge in [0.25, 0.3) is 11.5 Å². The number of benzene rings is 1. The van der Waals surface area contributed by atoms with E-state index in [9.17, 15) is 19.2 Å². The number of aromatic amines is 1. The van der Waals surface area contributed by atoms with Crippen molar-refractivity contribution in [1.82, 2.24) is 20.2 Å². The number of aryl methyl sites for hydroxylation is 2. The topological polar surface area (TPSA) is 137 Å². The van der Waals surface area contributed by atoms with Gasteiger partial charge in [0.05, 0.1) is 0 Å². The number of nitrogens with one attached hydrogen (secondary N) is 2. The van der Waals surface area contributed by atoms with Crippen LogP contribution in [0.25, 0.3) is 11.1 Å². The first-order valence-corrected chi connectivity index (χ1v) is 19.5. The zero-order chi connectivity index (χ0) is 39.6. The Balaban J connectivity index is 0.00000319. The molecule has 0 aliphatic carbocycles. The normalized spacial score (nSPS) is 14.9. The SMILES string of the molecule is CC.CCCc1cc(C)[nH]c(=O)c1CNC(=O)c1cc(-c2ccc(N3CCN(C(=O)OC(C)(C)C)CC3)nc2)cc(N(C(=O)CC)C2CCOCC2)c1C. The minimum Gasteiger partial charge on any atom is -0.444 e. The maximum absolute atomic E-state index is 14.1. The number of piperazine rings is 1. The van der Waals surface area contributed by atoms with Crippen LogP contribution in [-0.4, -0.2) is 83.8 Å². The Morgan fingerprint density at radius 1 is 1.00 bits per heavy atom. The van der Waals surface area contributed by atoms with Crippen LogP contribution in [0.15, 0.2) is 41.3 Å². The van der Waals surface area contributed by atoms with Gasteiger partial charge in [-0.05, 0) is 101 Å². The van der Waals surface area contributed by atoms with Gasteiger partial charge in [-0.15, -0.1) is 0 Å². The van der Waals surface area contributed by atoms with E-state index in [-0.39, 0.29) is 36.1 Å². The predicted octanol–water partition coefficient (Wildman–Crippen LogP) is 6.94. The van der Waals surface area contributed by atoms with Crippen molar-refractivity contribution >= 4 is 29.4 Å². The summed E-state index contributed by atoms with van der Waals surface area (Å²) in [5.74, 6) is 0.438. The van der Waals surface area contributed by atoms with Gasteiger partial charge in [0, 0.05) is 92.7 Å². The third-order valence-electron chi connectivity index (χ3n) is 9.66. The number of aromatic nitrogens is 2. The van der Waals surface area contributed by atoms with Gasteiger partial charge in [0.2, 0.25) is 5.91 Å². The van der Waals surface area contributed by atoms with Crippen molar-refractivity contribution in [2.45, 2.75) is 113 Å². The molecule has 2 aliphatic heterocycles. The standard InChI is InChI=1S/C40H54N6O6.C2H6/c1-8-10-28-21-26(3)43-38(49)33(28)25-42-37(48)32-22-30(23-34(27(32)4)46(36(47)9-2)31-13-19-51-20-14-31)29-11-12-35(41-24-29)44-15-17-45(18-16-44)39(50)52-40(5,6)7;1-2/h11-12,21-24,31H,8-10,13-20,25H2,1-7H3,(H,42,48)(H,43,49);1-2H3. The van der Waals surface area contributed by atoms with Gasteiger partial charge < -0.3 is 34.5 Å². The van der Waals surface area contributed by atoms with Crippen LogP contribution in [-0.2, 0) is 27.2 Å². The molecular formula is C42H60N6O6. The maximum Gasteiger partial charge on any atom is 0.410 e. The van der Waals surface area contributed by atoms with E-state index < -0.39 is 5.60 Å². The molecule has 0 spiro atoms. The molecule has 3 aromatic rings. The van der Waals surface area contributed by atoms with Gasteiger partial charge >= 0.3 is 6.09 Å². The van der Waals surface area contributed by atoms with E-state index in [1.54, 1.807) is 11.1 Å². The summed E-state index contributed by atoms with van der Waals surface area (Å²) in [5, 5.41) is 3.02. The summed E-state index contributed by atoms with van der Waals surface area (Å²) < 4.78 is 11.2. The summed E-state index contributed by atoms with van der Waals surface area (Å²) in [6.45, 7) is 20.7. The summed E-state index contributed by atoms with van der Waals surface area (Å²) in [6, 6.07) is 9.65. The number of carbonyl (C=O) groups is 3. The number of nitrogens with zero attached hydrogens (tertiary/aromatic N) is 4. The monoisotopic (exact) mass is 744 g/mol. The van der Waals surface area contributed by atoms with Crippen molar-refractivity contribution in [3.8, 4) is 11.1 Å². The summed E-state index contributed by atoms with van der Waals surface area (Å²) in [6.07, 6.45) is 4.79. The lowest BCUT2D eigenvalue weighted by Gasteiger charge is -2.36. The molecule has 12 nitrogen and oxygen atoms in total. The zero-order valence-electron chi connectivity index (χ0n) is 33.8. The second-order valence-electron chi connectivity index (χ2n) is 14.7. The molecule has 0 radical (unpaired) electrons. The van der Waals surface area contributed by atoms with E-state index in [0.717, 1.165) is 41.0 Å². The molecule has 54 heavy (non-hydrogen) atoms. The molecular weight excluding hydrogens is 684 g/mol. The van der Waals surface area contributed by atoms with Crippen LogP contribution in [0.3, 0.4) is 0 Å². The van der Waals surface area contributed by atoms with Crippen LogP contribution < -0.4 is 20.7 Å². The second-order valence-corrected chi connectivity index (χ2v) is 14.7. The number of ether oxygens (including phenoxy) is 2. The average molecular weight is 745 g/mol. The predicted molar refractivity (Wildman–Crippen MR) is 214 cm³/mol. The number of anilines is 2. The molecule has 294 valence electrons. The fourth-order valence-electron chi connectivity index (χ4n) is 6.92. The first-order chi connectivity index (χ1) is 25.8. The molecule has 2 aliphatic rings. The summed E-state index contributed by atoms with van der Waals surface area (Å²) in [5.41, 5.74) is 4.85. The summed E-state index contributed by atoms with van der Waals surface area (Å²) in [7, 11) is 0. The lowest BCUT2D eigenvalue weighted by Crippen LogP contribution is -2.50. The first-order valence-electron chi connectivity index (χ1n) is 19.5. The van der Waals surface area contributed by atoms with Crippen LogP contribution in [0, 0.1) is 13.8 Å². The molecule has 2 saturated heterocycles. The van der Waals surface area contributed by atoms with Crippen molar-refractivity contribution in [2.75, 3.05) is 49.2 Å². The van der Waals surface area contributed by atoms with Gasteiger partial charge in [0.1, 0.15) is 11.4 Å². The highest BCUT2D eigenvalue weighted by Gasteiger charge is 2.30. The Kier molecular flexibility index (Phi) is 14.8. The first kappa shape index (κ1) is 42.0. The van der Waals surface area contributed by atoms with Crippen molar-refractivity contribution in [3.05, 3.63) is 74.8 Å². The highest BCUT2D eigenvalue weighted by molar-refractivity contribution is 6.02. The van der Waals surface area contributed by atoms with Crippen molar-refractivity contribution in [2.24, 2.45) is 0 Å². The minimum absolute atomic E-state index is 0.0205. The Hall–Kier alpha value is -4.71. The van der Waals surface area contributed by atoms with Gasteiger partial charge in [-0.1, -0.05) is 34.1 Å². The summed E-state index contributed by atoms with van der Waals surface area (Å²) in [4.78, 5) is 66.6. The number of hydrogen-bond donors (Lipinski definition) is 2. The van der Waals surface area contributed by atoms with E-state index in [4.69, 9.17) is 14.5 Å². The van der Waals surface area contributed by atoms with Gasteiger partial charge in [0.15, 0.2) is 0 Å². The van der Waals surface area contributed by atoms with E-state index in [1.165, 1.54) is 0 Å². The zero-order valence-corrected chi connectivity index (χ0v) is 33.8. The Morgan fingerprint density at radius 2 is 1.69 bits per heavy atom. The highest BCUT2D eigenvalue weighted by atomic mass is 16.6. The van der Waals surface area contributed by atoms with Gasteiger partial charge in [-0.3, -0.25) is 14.4 Å². The number of hydrogen-bond acceptors (Lipinski definition) is 8. The average Bonchev–Trinajstić information content (AvgIpc) is 3.16. The molecule has 1 aromatic carbocycles. The fraction of sp³-hybridized carbons (Fsp3) is 0.548. The van der Waals surface area contributed by atoms with Gasteiger partial charge in [-0.2, -0.15) is 0 Å². The fourth-order valence-corrected chi connectivity index (χ4v) is 6.92. The molecule has 5 rings (SSSR count). The third kappa shape index (κ3) is 10.5. The van der Waals surface area contributed by atoms with Crippen LogP contribution in [0.4, 0.5) is 16.3 Å². The Morgan fingerprint density at radius 3 is 2.28 bits per heavy atom. The highest BCUT2D eigenvalue weighted by Crippen LogP contribution is 2.35. The number of carbonyl (C=O) groups excluding carboxylic acids is 3. The van der Waals surface area contributed by atoms with E-state index in [0.29, 0.717) is 81.0 Å². The van der Waals surface area contributed by atoms with Crippen molar-refractivity contribution < 1.29 is 23.9 Å². The molecule has 0 saturated carbocycles. The molecule has 12 heteroatoms. The molecule has 2 fully saturated rings. The molecule has 2 aromatic heterocycles. The van der Waals surface area contributed by atoms with E-state index >= 15 is 0 Å². The van der Waals surface area contributed by atoms with Crippen LogP contribution in [0.5, 0.6) is 0 Å². The Bertz CT molecular complexity index is 1800.